The van der Waals surface area contributed by atoms with E-state index in [-0.39, 0.29) is 31.3 Å². The molecule has 1 aromatic carbocycles. The van der Waals surface area contributed by atoms with Crippen molar-refractivity contribution in [3.8, 4) is 11.8 Å². The van der Waals surface area contributed by atoms with E-state index in [2.05, 4.69) is 32.4 Å². The van der Waals surface area contributed by atoms with Gasteiger partial charge >= 0.3 is 0 Å². The number of rotatable bonds is 3. The first-order chi connectivity index (χ1) is 14.5. The summed E-state index contributed by atoms with van der Waals surface area (Å²) in [6, 6.07) is 4.62. The summed E-state index contributed by atoms with van der Waals surface area (Å²) in [7, 11) is 0. The summed E-state index contributed by atoms with van der Waals surface area (Å²) in [5.41, 5.74) is 2.51. The van der Waals surface area contributed by atoms with Crippen molar-refractivity contribution in [2.24, 2.45) is 0 Å². The molecule has 4 amide bonds. The minimum Gasteiger partial charge on any atom is -0.341 e. The molecule has 0 saturated carbocycles. The molecule has 0 aliphatic carbocycles. The van der Waals surface area contributed by atoms with Crippen LogP contribution in [0.4, 0.5) is 0 Å². The van der Waals surface area contributed by atoms with Crippen LogP contribution >= 0.6 is 0 Å². The van der Waals surface area contributed by atoms with E-state index in [0.717, 1.165) is 11.1 Å². The molecule has 3 heterocycles. The second-order valence-electron chi connectivity index (χ2n) is 6.91. The van der Waals surface area contributed by atoms with Gasteiger partial charge in [-0.3, -0.25) is 29.5 Å². The maximum absolute atomic E-state index is 12.7. The Morgan fingerprint density at radius 1 is 1.27 bits per heavy atom. The molecule has 4 rings (SSSR count). The van der Waals surface area contributed by atoms with Crippen LogP contribution in [-0.4, -0.2) is 44.5 Å². The summed E-state index contributed by atoms with van der Waals surface area (Å²) < 4.78 is 0. The number of hydrogen-bond donors (Lipinski definition) is 2. The van der Waals surface area contributed by atoms with Gasteiger partial charge < -0.3 is 10.2 Å². The highest BCUT2D eigenvalue weighted by Crippen LogP contribution is 2.28. The summed E-state index contributed by atoms with van der Waals surface area (Å²) in [5, 5.41) is 4.98. The molecule has 9 nitrogen and oxygen atoms in total. The molecule has 1 aromatic heterocycles. The van der Waals surface area contributed by atoms with E-state index in [1.807, 2.05) is 6.07 Å². The number of fused-ring (bicyclic) bond motifs is 1. The highest BCUT2D eigenvalue weighted by atomic mass is 16.2. The predicted molar refractivity (Wildman–Crippen MR) is 103 cm³/mol. The second kappa shape index (κ2) is 8.13. The van der Waals surface area contributed by atoms with Crippen LogP contribution in [-0.2, 0) is 27.5 Å². The fourth-order valence-electron chi connectivity index (χ4n) is 3.45. The van der Waals surface area contributed by atoms with Crippen LogP contribution in [0.25, 0.3) is 0 Å². The molecule has 1 atom stereocenters. The van der Waals surface area contributed by atoms with Crippen molar-refractivity contribution < 1.29 is 19.2 Å². The lowest BCUT2D eigenvalue weighted by atomic mass is 10.0. The maximum Gasteiger partial charge on any atom is 0.296 e. The average molecular weight is 403 g/mol. The number of carbonyl (C=O) groups is 4. The predicted octanol–water partition coefficient (Wildman–Crippen LogP) is -0.0945. The monoisotopic (exact) mass is 403 g/mol. The Kier molecular flexibility index (Phi) is 5.22. The van der Waals surface area contributed by atoms with Crippen molar-refractivity contribution in [1.29, 1.82) is 0 Å². The average Bonchev–Trinajstić information content (AvgIpc) is 3.07. The maximum atomic E-state index is 12.7. The molecular formula is C21H17N5O4. The van der Waals surface area contributed by atoms with Gasteiger partial charge in [0.2, 0.25) is 11.8 Å². The van der Waals surface area contributed by atoms with E-state index in [4.69, 9.17) is 0 Å². The second-order valence-corrected chi connectivity index (χ2v) is 6.91. The molecule has 2 aromatic rings. The van der Waals surface area contributed by atoms with Crippen molar-refractivity contribution in [1.82, 2.24) is 25.5 Å². The molecule has 0 radical (unpaired) electrons. The number of nitrogens with one attached hydrogen (secondary N) is 2. The fourth-order valence-corrected chi connectivity index (χ4v) is 3.45. The van der Waals surface area contributed by atoms with Gasteiger partial charge in [-0.25, -0.2) is 4.98 Å². The normalized spacial score (nSPS) is 17.7. The summed E-state index contributed by atoms with van der Waals surface area (Å²) in [4.78, 5) is 57.4. The van der Waals surface area contributed by atoms with E-state index >= 15 is 0 Å². The fraction of sp³-hybridized carbons (Fsp3) is 0.238. The lowest BCUT2D eigenvalue weighted by Gasteiger charge is -2.29. The number of carbonyl (C=O) groups excluding carboxylic acids is 4. The Morgan fingerprint density at radius 3 is 2.90 bits per heavy atom. The van der Waals surface area contributed by atoms with Gasteiger partial charge in [-0.15, -0.1) is 0 Å². The molecule has 1 unspecified atom stereocenters. The largest absolute Gasteiger partial charge is 0.341 e. The summed E-state index contributed by atoms with van der Waals surface area (Å²) in [5.74, 6) is 3.63. The number of nitrogens with zero attached hydrogens (tertiary/aromatic N) is 3. The van der Waals surface area contributed by atoms with Crippen LogP contribution in [0.15, 0.2) is 36.8 Å². The molecule has 0 spiro atoms. The quantitative estimate of drug-likeness (QED) is 0.546. The molecule has 2 N–H and O–H groups in total. The Balaban J connectivity index is 1.39. The Labute approximate surface area is 171 Å². The van der Waals surface area contributed by atoms with Crippen LogP contribution in [0.2, 0.25) is 0 Å². The van der Waals surface area contributed by atoms with Gasteiger partial charge in [-0.1, -0.05) is 12.1 Å². The lowest BCUT2D eigenvalue weighted by molar-refractivity contribution is -0.137. The minimum atomic E-state index is -0.651. The highest BCUT2D eigenvalue weighted by Gasteiger charge is 2.38. The van der Waals surface area contributed by atoms with Gasteiger partial charge in [-0.2, -0.15) is 0 Å². The zero-order valence-electron chi connectivity index (χ0n) is 15.8. The van der Waals surface area contributed by atoms with Crippen LogP contribution in [0.3, 0.4) is 0 Å². The third-order valence-corrected chi connectivity index (χ3v) is 4.91. The lowest BCUT2D eigenvalue weighted by Crippen LogP contribution is -2.52. The van der Waals surface area contributed by atoms with Gasteiger partial charge in [0.1, 0.15) is 11.7 Å². The number of aromatic nitrogens is 2. The first-order valence-electron chi connectivity index (χ1n) is 9.33. The van der Waals surface area contributed by atoms with Crippen molar-refractivity contribution in [3.05, 3.63) is 59.2 Å². The Morgan fingerprint density at radius 2 is 2.13 bits per heavy atom. The first-order valence-corrected chi connectivity index (χ1v) is 9.33. The number of hydrogen-bond acceptors (Lipinski definition) is 6. The molecule has 150 valence electrons. The molecule has 1 saturated heterocycles. The number of imide groups is 1. The summed E-state index contributed by atoms with van der Waals surface area (Å²) in [6.45, 7) is 0.530. The van der Waals surface area contributed by atoms with Crippen molar-refractivity contribution >= 4 is 23.6 Å². The first kappa shape index (κ1) is 19.3. The van der Waals surface area contributed by atoms with Gasteiger partial charge in [0, 0.05) is 43.4 Å². The highest BCUT2D eigenvalue weighted by molar-refractivity contribution is 6.05. The Hall–Kier alpha value is -4.06. The molecule has 2 aliphatic rings. The third-order valence-electron chi connectivity index (χ3n) is 4.91. The van der Waals surface area contributed by atoms with Gasteiger partial charge in [0.05, 0.1) is 6.20 Å². The van der Waals surface area contributed by atoms with E-state index in [0.29, 0.717) is 17.7 Å². The summed E-state index contributed by atoms with van der Waals surface area (Å²) in [6.07, 6.45) is 5.00. The molecular weight excluding hydrogens is 386 g/mol. The van der Waals surface area contributed by atoms with Crippen LogP contribution in [0.1, 0.15) is 40.0 Å². The SMILES string of the molecule is O=C(C#Cc1cnccn1)NCc1ccc2c(c1)CN(C1CCC(=O)NC1=O)C2=O. The van der Waals surface area contributed by atoms with Gasteiger partial charge in [0.25, 0.3) is 11.8 Å². The molecule has 1 fully saturated rings. The number of piperidine rings is 1. The standard InChI is InChI=1S/C21H17N5O4/c27-18(5-2-15-11-22-7-8-23-15)24-10-13-1-3-16-14(9-13)12-26(21(16)30)17-4-6-19(28)25-20(17)29/h1,3,7-9,11,17H,4,6,10,12H2,(H,24,27)(H,25,28,29). The number of benzene rings is 1. The zero-order chi connectivity index (χ0) is 21.1. The molecule has 9 heteroatoms. The van der Waals surface area contributed by atoms with Crippen LogP contribution in [0, 0.1) is 11.8 Å². The Bertz CT molecular complexity index is 1100. The van der Waals surface area contributed by atoms with Crippen molar-refractivity contribution in [2.75, 3.05) is 0 Å². The zero-order valence-corrected chi connectivity index (χ0v) is 15.8. The van der Waals surface area contributed by atoms with E-state index < -0.39 is 17.9 Å². The summed E-state index contributed by atoms with van der Waals surface area (Å²) >= 11 is 0. The number of amides is 4. The van der Waals surface area contributed by atoms with E-state index in [1.165, 1.54) is 23.5 Å². The van der Waals surface area contributed by atoms with Gasteiger partial charge in [-0.05, 0) is 29.5 Å². The van der Waals surface area contributed by atoms with Crippen molar-refractivity contribution in [2.45, 2.75) is 32.0 Å². The molecule has 30 heavy (non-hydrogen) atoms. The van der Waals surface area contributed by atoms with E-state index in [1.54, 1.807) is 12.1 Å². The minimum absolute atomic E-state index is 0.212. The van der Waals surface area contributed by atoms with E-state index in [9.17, 15) is 19.2 Å². The molecule has 2 aliphatic heterocycles. The smallest absolute Gasteiger partial charge is 0.296 e. The topological polar surface area (TPSA) is 121 Å². The van der Waals surface area contributed by atoms with Crippen LogP contribution < -0.4 is 10.6 Å². The van der Waals surface area contributed by atoms with Gasteiger partial charge in [0.15, 0.2) is 0 Å². The van der Waals surface area contributed by atoms with Crippen molar-refractivity contribution in [3.63, 3.8) is 0 Å². The third kappa shape index (κ3) is 4.03. The molecule has 0 bridgehead atoms. The van der Waals surface area contributed by atoms with Crippen LogP contribution in [0.5, 0.6) is 0 Å².